The minimum Gasteiger partial charge on any atom is -0.303 e. The van der Waals surface area contributed by atoms with Gasteiger partial charge in [0.05, 0.1) is 5.69 Å². The topological polar surface area (TPSA) is 72.7 Å². The molecular formula is C22H17F2N5O. The molecule has 8 heteroatoms. The highest BCUT2D eigenvalue weighted by atomic mass is 19.1. The molecule has 0 saturated carbocycles. The number of benzene rings is 2. The minimum absolute atomic E-state index is 0.0467. The summed E-state index contributed by atoms with van der Waals surface area (Å²) in [5.74, 6) is -0.135. The Balaban J connectivity index is 1.63. The lowest BCUT2D eigenvalue weighted by Gasteiger charge is -2.08. The molecule has 1 amide bonds. The van der Waals surface area contributed by atoms with Crippen LogP contribution >= 0.6 is 0 Å². The zero-order valence-corrected chi connectivity index (χ0v) is 15.8. The molecule has 0 radical (unpaired) electrons. The van der Waals surface area contributed by atoms with Crippen molar-refractivity contribution in [2.45, 2.75) is 12.8 Å². The fraction of sp³-hybridized carbons (Fsp3) is 0.0909. The maximum absolute atomic E-state index is 13.9. The molecule has 0 saturated heterocycles. The van der Waals surface area contributed by atoms with Crippen molar-refractivity contribution < 1.29 is 13.6 Å². The lowest BCUT2D eigenvalue weighted by Crippen LogP contribution is -2.24. The third kappa shape index (κ3) is 4.38. The molecule has 30 heavy (non-hydrogen) atoms. The van der Waals surface area contributed by atoms with Crippen LogP contribution in [0.3, 0.4) is 0 Å². The van der Waals surface area contributed by atoms with Crippen LogP contribution in [0.1, 0.15) is 11.4 Å². The number of rotatable bonds is 5. The summed E-state index contributed by atoms with van der Waals surface area (Å²) in [6.07, 6.45) is 4.13. The Morgan fingerprint density at radius 3 is 2.50 bits per heavy atom. The number of nitrogens with one attached hydrogen (secondary N) is 1. The van der Waals surface area contributed by atoms with Gasteiger partial charge in [-0.05, 0) is 48.4 Å². The summed E-state index contributed by atoms with van der Waals surface area (Å²) in [5, 5.41) is 6.82. The molecule has 2 aromatic heterocycles. The standard InChI is InChI=1S/C22H17F2N5O/c23-17-10-7-15(8-11-17)9-12-20-27-21(16-4-3-13-25-14-16)28-29(20)22(30)26-19-6-2-1-5-18(19)24/h1-8,10-11,13-14H,9,12H2,(H,26,30). The lowest BCUT2D eigenvalue weighted by molar-refractivity contribution is 0.250. The fourth-order valence-corrected chi connectivity index (χ4v) is 2.92. The van der Waals surface area contributed by atoms with E-state index in [0.29, 0.717) is 30.1 Å². The highest BCUT2D eigenvalue weighted by Crippen LogP contribution is 2.17. The maximum Gasteiger partial charge on any atom is 0.348 e. The Hall–Kier alpha value is -3.94. The van der Waals surface area contributed by atoms with Crippen molar-refractivity contribution in [3.8, 4) is 11.4 Å². The van der Waals surface area contributed by atoms with Gasteiger partial charge in [-0.1, -0.05) is 24.3 Å². The number of anilines is 1. The quantitative estimate of drug-likeness (QED) is 0.531. The molecule has 2 heterocycles. The van der Waals surface area contributed by atoms with Gasteiger partial charge in [0.25, 0.3) is 0 Å². The van der Waals surface area contributed by atoms with E-state index in [1.165, 1.54) is 30.3 Å². The lowest BCUT2D eigenvalue weighted by atomic mass is 10.1. The fourth-order valence-electron chi connectivity index (χ4n) is 2.92. The van der Waals surface area contributed by atoms with Crippen LogP contribution in [0.5, 0.6) is 0 Å². The summed E-state index contributed by atoms with van der Waals surface area (Å²) >= 11 is 0. The van der Waals surface area contributed by atoms with Gasteiger partial charge in [0, 0.05) is 24.4 Å². The van der Waals surface area contributed by atoms with Gasteiger partial charge in [-0.3, -0.25) is 4.98 Å². The zero-order valence-electron chi connectivity index (χ0n) is 15.8. The molecule has 0 aliphatic rings. The number of amides is 1. The highest BCUT2D eigenvalue weighted by molar-refractivity contribution is 5.91. The molecule has 0 aliphatic carbocycles. The maximum atomic E-state index is 13.9. The van der Waals surface area contributed by atoms with Gasteiger partial charge in [0.2, 0.25) is 0 Å². The number of carbonyl (C=O) groups excluding carboxylic acids is 1. The van der Waals surface area contributed by atoms with Crippen LogP contribution in [0.2, 0.25) is 0 Å². The van der Waals surface area contributed by atoms with Crippen LogP contribution < -0.4 is 5.32 Å². The number of para-hydroxylation sites is 1. The van der Waals surface area contributed by atoms with Crippen molar-refractivity contribution in [2.24, 2.45) is 0 Å². The Morgan fingerprint density at radius 2 is 1.77 bits per heavy atom. The Bertz CT molecular complexity index is 1160. The molecule has 6 nitrogen and oxygen atoms in total. The predicted molar refractivity (Wildman–Crippen MR) is 108 cm³/mol. The van der Waals surface area contributed by atoms with Crippen LogP contribution in [-0.2, 0) is 12.8 Å². The monoisotopic (exact) mass is 405 g/mol. The average molecular weight is 405 g/mol. The summed E-state index contributed by atoms with van der Waals surface area (Å²) in [6, 6.07) is 14.9. The first-order valence-electron chi connectivity index (χ1n) is 9.27. The largest absolute Gasteiger partial charge is 0.348 e. The number of hydrogen-bond acceptors (Lipinski definition) is 4. The predicted octanol–water partition coefficient (Wildman–Crippen LogP) is 4.48. The van der Waals surface area contributed by atoms with Crippen molar-refractivity contribution in [1.82, 2.24) is 19.7 Å². The second-order valence-electron chi connectivity index (χ2n) is 6.54. The Morgan fingerprint density at radius 1 is 0.967 bits per heavy atom. The first-order chi connectivity index (χ1) is 14.6. The van der Waals surface area contributed by atoms with Crippen molar-refractivity contribution in [2.75, 3.05) is 5.32 Å². The molecule has 2 aromatic carbocycles. The van der Waals surface area contributed by atoms with E-state index in [-0.39, 0.29) is 11.5 Å². The van der Waals surface area contributed by atoms with Crippen LogP contribution in [0, 0.1) is 11.6 Å². The Labute approximate surface area is 171 Å². The first kappa shape index (κ1) is 19.4. The summed E-state index contributed by atoms with van der Waals surface area (Å²) in [4.78, 5) is 21.3. The van der Waals surface area contributed by atoms with E-state index >= 15 is 0 Å². The number of carbonyl (C=O) groups is 1. The number of aryl methyl sites for hydroxylation is 2. The van der Waals surface area contributed by atoms with E-state index in [1.54, 1.807) is 42.7 Å². The van der Waals surface area contributed by atoms with Gasteiger partial charge in [0.1, 0.15) is 17.5 Å². The number of aromatic nitrogens is 4. The molecule has 4 aromatic rings. The van der Waals surface area contributed by atoms with Crippen molar-refractivity contribution in [3.05, 3.63) is 96.1 Å². The van der Waals surface area contributed by atoms with E-state index in [4.69, 9.17) is 0 Å². The Kier molecular flexibility index (Phi) is 5.56. The second kappa shape index (κ2) is 8.60. The summed E-state index contributed by atoms with van der Waals surface area (Å²) < 4.78 is 28.2. The molecule has 150 valence electrons. The molecular weight excluding hydrogens is 388 g/mol. The van der Waals surface area contributed by atoms with E-state index in [2.05, 4.69) is 20.4 Å². The normalized spacial score (nSPS) is 10.7. The molecule has 1 N–H and O–H groups in total. The molecule has 0 atom stereocenters. The molecule has 0 bridgehead atoms. The van der Waals surface area contributed by atoms with Crippen LogP contribution in [0.15, 0.2) is 73.1 Å². The van der Waals surface area contributed by atoms with Gasteiger partial charge < -0.3 is 5.32 Å². The zero-order chi connectivity index (χ0) is 20.9. The SMILES string of the molecule is O=C(Nc1ccccc1F)n1nc(-c2cccnc2)nc1CCc1ccc(F)cc1. The number of nitrogens with zero attached hydrogens (tertiary/aromatic N) is 4. The average Bonchev–Trinajstić information content (AvgIpc) is 3.20. The summed E-state index contributed by atoms with van der Waals surface area (Å²) in [5.41, 5.74) is 1.59. The van der Waals surface area contributed by atoms with E-state index in [9.17, 15) is 13.6 Å². The molecule has 0 aliphatic heterocycles. The van der Waals surface area contributed by atoms with Gasteiger partial charge in [-0.2, -0.15) is 4.68 Å². The number of pyridine rings is 1. The summed E-state index contributed by atoms with van der Waals surface area (Å²) in [7, 11) is 0. The molecule has 0 spiro atoms. The number of halogens is 2. The molecule has 0 unspecified atom stereocenters. The highest BCUT2D eigenvalue weighted by Gasteiger charge is 2.18. The first-order valence-corrected chi connectivity index (χ1v) is 9.27. The van der Waals surface area contributed by atoms with E-state index in [0.717, 1.165) is 10.2 Å². The van der Waals surface area contributed by atoms with E-state index in [1.807, 2.05) is 0 Å². The van der Waals surface area contributed by atoms with Crippen LogP contribution in [-0.4, -0.2) is 25.8 Å². The van der Waals surface area contributed by atoms with Crippen LogP contribution in [0.4, 0.5) is 19.3 Å². The van der Waals surface area contributed by atoms with Crippen molar-refractivity contribution >= 4 is 11.7 Å². The van der Waals surface area contributed by atoms with Gasteiger partial charge >= 0.3 is 6.03 Å². The van der Waals surface area contributed by atoms with Gasteiger partial charge in [-0.25, -0.2) is 18.6 Å². The molecule has 4 rings (SSSR count). The molecule has 0 fully saturated rings. The smallest absolute Gasteiger partial charge is 0.303 e. The van der Waals surface area contributed by atoms with Crippen molar-refractivity contribution in [3.63, 3.8) is 0 Å². The van der Waals surface area contributed by atoms with Crippen LogP contribution in [0.25, 0.3) is 11.4 Å². The second-order valence-corrected chi connectivity index (χ2v) is 6.54. The summed E-state index contributed by atoms with van der Waals surface area (Å²) in [6.45, 7) is 0. The minimum atomic E-state index is -0.628. The third-order valence-electron chi connectivity index (χ3n) is 4.45. The van der Waals surface area contributed by atoms with Gasteiger partial charge in [0.15, 0.2) is 5.82 Å². The van der Waals surface area contributed by atoms with Gasteiger partial charge in [-0.15, -0.1) is 5.10 Å². The van der Waals surface area contributed by atoms with Crippen molar-refractivity contribution in [1.29, 1.82) is 0 Å². The van der Waals surface area contributed by atoms with E-state index < -0.39 is 11.8 Å². The third-order valence-corrected chi connectivity index (χ3v) is 4.45. The number of hydrogen-bond donors (Lipinski definition) is 1.